The smallest absolute Gasteiger partial charge is 0.291 e. The third-order valence-corrected chi connectivity index (χ3v) is 4.14. The minimum atomic E-state index is -1.38. The van der Waals surface area contributed by atoms with Gasteiger partial charge in [-0.2, -0.15) is 0 Å². The molecule has 1 heterocycles. The number of carbonyl (C=O) groups excluding carboxylic acids is 3. The molecule has 2 aromatic carbocycles. The van der Waals surface area contributed by atoms with E-state index in [0.717, 1.165) is 0 Å². The second kappa shape index (κ2) is 8.90. The van der Waals surface area contributed by atoms with Crippen LogP contribution in [0.25, 0.3) is 6.08 Å². The second-order valence-electron chi connectivity index (χ2n) is 5.83. The number of carboxylic acid groups (broad SMARTS) is 1. The number of furan rings is 1. The highest BCUT2D eigenvalue weighted by Gasteiger charge is 2.17. The number of anilines is 1. The van der Waals surface area contributed by atoms with Crippen molar-refractivity contribution in [3.8, 4) is 0 Å². The van der Waals surface area contributed by atoms with Crippen molar-refractivity contribution in [1.29, 1.82) is 0 Å². The van der Waals surface area contributed by atoms with Crippen LogP contribution >= 0.6 is 11.6 Å². The first-order valence-electron chi connectivity index (χ1n) is 8.38. The van der Waals surface area contributed by atoms with Crippen molar-refractivity contribution in [3.63, 3.8) is 0 Å². The number of halogens is 1. The van der Waals surface area contributed by atoms with Gasteiger partial charge in [0.05, 0.1) is 12.2 Å². The zero-order chi connectivity index (χ0) is 20.8. The predicted molar refractivity (Wildman–Crippen MR) is 105 cm³/mol. The lowest BCUT2D eigenvalue weighted by atomic mass is 10.1. The summed E-state index contributed by atoms with van der Waals surface area (Å²) in [5.41, 5.74) is 0.508. The summed E-state index contributed by atoms with van der Waals surface area (Å²) in [7, 11) is 0. The van der Waals surface area contributed by atoms with Crippen molar-refractivity contribution in [2.24, 2.45) is 0 Å². The number of carbonyl (C=O) groups is 3. The van der Waals surface area contributed by atoms with Gasteiger partial charge in [0.1, 0.15) is 5.70 Å². The van der Waals surface area contributed by atoms with Gasteiger partial charge >= 0.3 is 0 Å². The molecule has 0 fully saturated rings. The molecule has 0 aliphatic heterocycles. The molecule has 3 rings (SSSR count). The third-order valence-electron chi connectivity index (χ3n) is 3.80. The number of hydrogen-bond acceptors (Lipinski definition) is 5. The fraction of sp³-hybridized carbons (Fsp3) is 0. The Kier molecular flexibility index (Phi) is 6.11. The molecule has 0 bridgehead atoms. The van der Waals surface area contributed by atoms with Gasteiger partial charge in [-0.3, -0.25) is 9.59 Å². The van der Waals surface area contributed by atoms with E-state index in [1.165, 1.54) is 48.7 Å². The molecular weight excluding hydrogens is 396 g/mol. The fourth-order valence-corrected chi connectivity index (χ4v) is 2.61. The van der Waals surface area contributed by atoms with E-state index in [9.17, 15) is 19.5 Å². The maximum atomic E-state index is 12.8. The first-order valence-corrected chi connectivity index (χ1v) is 8.75. The zero-order valence-corrected chi connectivity index (χ0v) is 15.6. The van der Waals surface area contributed by atoms with Crippen molar-refractivity contribution in [3.05, 3.63) is 94.5 Å². The first-order chi connectivity index (χ1) is 13.9. The highest BCUT2D eigenvalue weighted by Crippen LogP contribution is 2.19. The van der Waals surface area contributed by atoms with Crippen LogP contribution in [0.4, 0.5) is 5.69 Å². The molecule has 2 amide bonds. The summed E-state index contributed by atoms with van der Waals surface area (Å²) in [6, 6.07) is 15.3. The third kappa shape index (κ3) is 5.12. The molecule has 0 atom stereocenters. The average Bonchev–Trinajstić information content (AvgIpc) is 3.24. The molecule has 0 saturated heterocycles. The molecule has 3 aromatic rings. The monoisotopic (exact) mass is 409 g/mol. The Morgan fingerprint density at radius 2 is 1.79 bits per heavy atom. The maximum absolute atomic E-state index is 12.8. The van der Waals surface area contributed by atoms with Gasteiger partial charge in [-0.25, -0.2) is 0 Å². The minimum Gasteiger partial charge on any atom is -0.545 e. The molecule has 146 valence electrons. The van der Waals surface area contributed by atoms with Gasteiger partial charge in [-0.15, -0.1) is 0 Å². The lowest BCUT2D eigenvalue weighted by Gasteiger charge is -2.12. The van der Waals surface area contributed by atoms with Crippen molar-refractivity contribution in [2.75, 3.05) is 5.32 Å². The Morgan fingerprint density at radius 1 is 1.00 bits per heavy atom. The molecule has 0 spiro atoms. The van der Waals surface area contributed by atoms with E-state index >= 15 is 0 Å². The summed E-state index contributed by atoms with van der Waals surface area (Å²) >= 11 is 6.15. The number of nitrogens with one attached hydrogen (secondary N) is 2. The molecule has 1 aromatic heterocycles. The Labute approximate surface area is 170 Å². The van der Waals surface area contributed by atoms with Crippen LogP contribution in [0.3, 0.4) is 0 Å². The number of rotatable bonds is 6. The van der Waals surface area contributed by atoms with Crippen LogP contribution in [0.5, 0.6) is 0 Å². The molecule has 0 radical (unpaired) electrons. The second-order valence-corrected chi connectivity index (χ2v) is 6.24. The largest absolute Gasteiger partial charge is 0.545 e. The van der Waals surface area contributed by atoms with E-state index in [1.54, 1.807) is 24.3 Å². The van der Waals surface area contributed by atoms with Gasteiger partial charge in [-0.05, 0) is 47.5 Å². The molecule has 0 aliphatic rings. The quantitative estimate of drug-likeness (QED) is 0.608. The molecule has 29 heavy (non-hydrogen) atoms. The Bertz CT molecular complexity index is 1090. The van der Waals surface area contributed by atoms with Crippen LogP contribution in [0.1, 0.15) is 26.5 Å². The van der Waals surface area contributed by atoms with E-state index in [1.807, 2.05) is 0 Å². The van der Waals surface area contributed by atoms with Crippen molar-refractivity contribution in [2.45, 2.75) is 0 Å². The van der Waals surface area contributed by atoms with E-state index < -0.39 is 17.8 Å². The van der Waals surface area contributed by atoms with Crippen LogP contribution in [-0.2, 0) is 4.79 Å². The van der Waals surface area contributed by atoms with Gasteiger partial charge in [0.15, 0.2) is 5.76 Å². The van der Waals surface area contributed by atoms with Gasteiger partial charge in [-0.1, -0.05) is 41.9 Å². The maximum Gasteiger partial charge on any atom is 0.291 e. The number of benzene rings is 2. The highest BCUT2D eigenvalue weighted by molar-refractivity contribution is 6.32. The van der Waals surface area contributed by atoms with Crippen LogP contribution in [0.15, 0.2) is 77.0 Å². The molecule has 0 aliphatic carbocycles. The zero-order valence-electron chi connectivity index (χ0n) is 14.8. The van der Waals surface area contributed by atoms with Crippen LogP contribution in [0.2, 0.25) is 5.02 Å². The average molecular weight is 410 g/mol. The number of aromatic carboxylic acids is 1. The number of amides is 2. The molecular formula is C21H14ClN2O5-. The summed E-state index contributed by atoms with van der Waals surface area (Å²) < 4.78 is 5.04. The standard InChI is InChI=1S/C21H15ClN2O5/c22-16-8-2-1-5-13(16)12-17(24-20(26)18-9-4-10-29-18)19(25)23-15-7-3-6-14(11-15)21(27)28/h1-12H,(H,23,25)(H,24,26)(H,27,28)/p-1/b17-12-. The molecule has 7 nitrogen and oxygen atoms in total. The van der Waals surface area contributed by atoms with Crippen LogP contribution in [0, 0.1) is 0 Å². The first kappa shape index (κ1) is 19.9. The summed E-state index contributed by atoms with van der Waals surface area (Å²) in [6.07, 6.45) is 2.74. The van der Waals surface area contributed by atoms with Gasteiger partial charge < -0.3 is 25.0 Å². The molecule has 0 saturated carbocycles. The van der Waals surface area contributed by atoms with Crippen LogP contribution < -0.4 is 15.7 Å². The Hall–Kier alpha value is -3.84. The lowest BCUT2D eigenvalue weighted by Crippen LogP contribution is -2.30. The van der Waals surface area contributed by atoms with Crippen molar-refractivity contribution >= 4 is 41.1 Å². The topological polar surface area (TPSA) is 111 Å². The van der Waals surface area contributed by atoms with Gasteiger partial charge in [0.2, 0.25) is 0 Å². The highest BCUT2D eigenvalue weighted by atomic mass is 35.5. The lowest BCUT2D eigenvalue weighted by molar-refractivity contribution is -0.255. The molecule has 2 N–H and O–H groups in total. The van der Waals surface area contributed by atoms with Crippen molar-refractivity contribution in [1.82, 2.24) is 5.32 Å². The van der Waals surface area contributed by atoms with E-state index in [-0.39, 0.29) is 22.7 Å². The normalized spacial score (nSPS) is 11.0. The van der Waals surface area contributed by atoms with E-state index in [0.29, 0.717) is 10.6 Å². The Balaban J connectivity index is 1.90. The predicted octanol–water partition coefficient (Wildman–Crippen LogP) is 2.71. The molecule has 0 unspecified atom stereocenters. The number of carboxylic acids is 1. The van der Waals surface area contributed by atoms with Crippen molar-refractivity contribution < 1.29 is 23.9 Å². The Morgan fingerprint density at radius 3 is 2.48 bits per heavy atom. The van der Waals surface area contributed by atoms with E-state index in [4.69, 9.17) is 16.0 Å². The summed E-state index contributed by atoms with van der Waals surface area (Å²) in [4.78, 5) is 36.1. The number of hydrogen-bond donors (Lipinski definition) is 2. The molecule has 8 heteroatoms. The van der Waals surface area contributed by atoms with E-state index in [2.05, 4.69) is 10.6 Å². The van der Waals surface area contributed by atoms with Gasteiger partial charge in [0, 0.05) is 10.7 Å². The van der Waals surface area contributed by atoms with Crippen LogP contribution in [-0.4, -0.2) is 17.8 Å². The van der Waals surface area contributed by atoms with Gasteiger partial charge in [0.25, 0.3) is 11.8 Å². The summed E-state index contributed by atoms with van der Waals surface area (Å²) in [5, 5.41) is 16.4. The summed E-state index contributed by atoms with van der Waals surface area (Å²) in [6.45, 7) is 0. The summed E-state index contributed by atoms with van der Waals surface area (Å²) in [5.74, 6) is -2.67. The SMILES string of the molecule is O=C(Nc1cccc(C(=O)[O-])c1)/C(=C/c1ccccc1Cl)NC(=O)c1ccco1. The fourth-order valence-electron chi connectivity index (χ4n) is 2.42. The minimum absolute atomic E-state index is 0.0156.